The topological polar surface area (TPSA) is 72.7 Å². The average molecular weight is 535 g/mol. The van der Waals surface area contributed by atoms with Crippen molar-refractivity contribution in [1.29, 1.82) is 0 Å². The molecule has 166 valence electrons. The fourth-order valence-electron chi connectivity index (χ4n) is 3.58. The van der Waals surface area contributed by atoms with Crippen molar-refractivity contribution in [2.75, 3.05) is 31.6 Å². The molecule has 3 aromatic rings. The van der Waals surface area contributed by atoms with Gasteiger partial charge in [0.2, 0.25) is 0 Å². The molecule has 1 aliphatic heterocycles. The first-order chi connectivity index (χ1) is 14.7. The minimum absolute atomic E-state index is 0. The van der Waals surface area contributed by atoms with Crippen LogP contribution in [0.3, 0.4) is 0 Å². The number of ether oxygens (including phenoxy) is 2. The number of para-hydroxylation sites is 2. The van der Waals surface area contributed by atoms with E-state index in [9.17, 15) is 0 Å². The number of aromatic nitrogens is 2. The molecule has 0 unspecified atom stereocenters. The van der Waals surface area contributed by atoms with E-state index in [0.29, 0.717) is 19.8 Å². The number of anilines is 1. The molecule has 0 aliphatic carbocycles. The van der Waals surface area contributed by atoms with Crippen molar-refractivity contribution in [1.82, 2.24) is 14.9 Å². The van der Waals surface area contributed by atoms with Gasteiger partial charge in [-0.05, 0) is 44.5 Å². The van der Waals surface area contributed by atoms with Gasteiger partial charge < -0.3 is 24.7 Å². The third kappa shape index (κ3) is 5.81. The molecule has 8 heteroatoms. The smallest absolute Gasteiger partial charge is 0.195 e. The SMILES string of the molecule is CCNC(=NCCCn1c(C)nc2ccccc21)Nc1ccc2c(c1)OCCCO2.I. The van der Waals surface area contributed by atoms with Gasteiger partial charge in [-0.25, -0.2) is 4.98 Å². The summed E-state index contributed by atoms with van der Waals surface area (Å²) in [6.07, 6.45) is 1.83. The second-order valence-corrected chi connectivity index (χ2v) is 7.25. The van der Waals surface area contributed by atoms with Crippen LogP contribution >= 0.6 is 24.0 Å². The fourth-order valence-corrected chi connectivity index (χ4v) is 3.58. The second kappa shape index (κ2) is 11.2. The van der Waals surface area contributed by atoms with E-state index < -0.39 is 0 Å². The molecule has 2 aromatic carbocycles. The Kier molecular flexibility index (Phi) is 8.39. The Morgan fingerprint density at radius 2 is 1.94 bits per heavy atom. The molecule has 1 aliphatic rings. The van der Waals surface area contributed by atoms with E-state index in [2.05, 4.69) is 52.2 Å². The van der Waals surface area contributed by atoms with Crippen molar-refractivity contribution in [3.05, 3.63) is 48.3 Å². The lowest BCUT2D eigenvalue weighted by Crippen LogP contribution is -2.30. The number of hydrogen-bond donors (Lipinski definition) is 2. The van der Waals surface area contributed by atoms with Crippen molar-refractivity contribution in [3.63, 3.8) is 0 Å². The summed E-state index contributed by atoms with van der Waals surface area (Å²) in [6, 6.07) is 14.2. The summed E-state index contributed by atoms with van der Waals surface area (Å²) in [4.78, 5) is 9.37. The molecule has 1 aromatic heterocycles. The third-order valence-electron chi connectivity index (χ3n) is 5.01. The van der Waals surface area contributed by atoms with E-state index in [1.807, 2.05) is 24.3 Å². The summed E-state index contributed by atoms with van der Waals surface area (Å²) in [5.41, 5.74) is 3.15. The zero-order chi connectivity index (χ0) is 20.8. The number of rotatable bonds is 6. The van der Waals surface area contributed by atoms with E-state index in [4.69, 9.17) is 14.5 Å². The quantitative estimate of drug-likeness (QED) is 0.209. The molecule has 0 saturated carbocycles. The highest BCUT2D eigenvalue weighted by molar-refractivity contribution is 14.0. The zero-order valence-corrected chi connectivity index (χ0v) is 20.4. The molecule has 2 heterocycles. The van der Waals surface area contributed by atoms with E-state index >= 15 is 0 Å². The van der Waals surface area contributed by atoms with Gasteiger partial charge in [0.25, 0.3) is 0 Å². The number of halogens is 1. The number of imidazole rings is 1. The van der Waals surface area contributed by atoms with Gasteiger partial charge >= 0.3 is 0 Å². The molecule has 0 atom stereocenters. The number of nitrogens with one attached hydrogen (secondary N) is 2. The van der Waals surface area contributed by atoms with Crippen molar-refractivity contribution < 1.29 is 9.47 Å². The Labute approximate surface area is 200 Å². The number of aryl methyl sites for hydroxylation is 2. The number of hydrogen-bond acceptors (Lipinski definition) is 4. The Morgan fingerprint density at radius 3 is 2.77 bits per heavy atom. The van der Waals surface area contributed by atoms with Gasteiger partial charge in [0.15, 0.2) is 17.5 Å². The van der Waals surface area contributed by atoms with Gasteiger partial charge in [-0.1, -0.05) is 12.1 Å². The Hall–Kier alpha value is -2.49. The predicted octanol–water partition coefficient (Wildman–Crippen LogP) is 4.59. The monoisotopic (exact) mass is 535 g/mol. The second-order valence-electron chi connectivity index (χ2n) is 7.25. The summed E-state index contributed by atoms with van der Waals surface area (Å²) in [7, 11) is 0. The van der Waals surface area contributed by atoms with E-state index in [-0.39, 0.29) is 24.0 Å². The van der Waals surface area contributed by atoms with Crippen LogP contribution in [0.15, 0.2) is 47.5 Å². The van der Waals surface area contributed by atoms with Crippen LogP contribution in [-0.4, -0.2) is 41.8 Å². The largest absolute Gasteiger partial charge is 0.490 e. The number of guanidine groups is 1. The van der Waals surface area contributed by atoms with Crippen LogP contribution in [0, 0.1) is 6.92 Å². The lowest BCUT2D eigenvalue weighted by molar-refractivity contribution is 0.297. The van der Waals surface area contributed by atoms with E-state index in [1.54, 1.807) is 0 Å². The molecule has 0 amide bonds. The highest BCUT2D eigenvalue weighted by atomic mass is 127. The number of fused-ring (bicyclic) bond motifs is 2. The molecule has 0 fully saturated rings. The number of nitrogens with zero attached hydrogens (tertiary/aromatic N) is 3. The van der Waals surface area contributed by atoms with Crippen molar-refractivity contribution in [2.45, 2.75) is 33.2 Å². The molecule has 31 heavy (non-hydrogen) atoms. The van der Waals surface area contributed by atoms with Crippen molar-refractivity contribution >= 4 is 46.7 Å². The van der Waals surface area contributed by atoms with Gasteiger partial charge in [0.1, 0.15) is 5.82 Å². The van der Waals surface area contributed by atoms with Gasteiger partial charge in [0, 0.05) is 37.8 Å². The Balaban J connectivity index is 0.00000272. The first-order valence-electron chi connectivity index (χ1n) is 10.6. The predicted molar refractivity (Wildman–Crippen MR) is 136 cm³/mol. The van der Waals surface area contributed by atoms with Crippen LogP contribution in [0.1, 0.15) is 25.6 Å². The maximum atomic E-state index is 5.78. The van der Waals surface area contributed by atoms with Crippen LogP contribution in [0.4, 0.5) is 5.69 Å². The summed E-state index contributed by atoms with van der Waals surface area (Å²) in [6.45, 7) is 7.88. The highest BCUT2D eigenvalue weighted by Gasteiger charge is 2.11. The van der Waals surface area contributed by atoms with Gasteiger partial charge in [-0.15, -0.1) is 24.0 Å². The highest BCUT2D eigenvalue weighted by Crippen LogP contribution is 2.32. The maximum absolute atomic E-state index is 5.78. The van der Waals surface area contributed by atoms with E-state index in [1.165, 1.54) is 5.52 Å². The van der Waals surface area contributed by atoms with Crippen molar-refractivity contribution in [2.24, 2.45) is 4.99 Å². The van der Waals surface area contributed by atoms with Crippen molar-refractivity contribution in [3.8, 4) is 11.5 Å². The summed E-state index contributed by atoms with van der Waals surface area (Å²) in [5, 5.41) is 6.68. The number of aliphatic imine (C=N–C) groups is 1. The molecular weight excluding hydrogens is 505 g/mol. The molecule has 4 rings (SSSR count). The summed E-state index contributed by atoms with van der Waals surface area (Å²) < 4.78 is 13.7. The average Bonchev–Trinajstić information content (AvgIpc) is 2.91. The Morgan fingerprint density at radius 1 is 1.13 bits per heavy atom. The molecule has 7 nitrogen and oxygen atoms in total. The molecule has 0 spiro atoms. The molecule has 0 saturated heterocycles. The minimum Gasteiger partial charge on any atom is -0.490 e. The van der Waals surface area contributed by atoms with Crippen LogP contribution < -0.4 is 20.1 Å². The van der Waals surface area contributed by atoms with Gasteiger partial charge in [0.05, 0.1) is 24.2 Å². The van der Waals surface area contributed by atoms with Crippen LogP contribution in [0.25, 0.3) is 11.0 Å². The first kappa shape index (κ1) is 23.2. The minimum atomic E-state index is 0. The Bertz CT molecular complexity index is 1030. The molecule has 0 bridgehead atoms. The maximum Gasteiger partial charge on any atom is 0.195 e. The first-order valence-corrected chi connectivity index (χ1v) is 10.6. The normalized spacial score (nSPS) is 13.4. The standard InChI is InChI=1S/C23H29N5O2.HI/c1-3-24-23(27-18-10-11-21-22(16-18)30-15-7-14-29-21)25-12-6-13-28-17(2)26-19-8-4-5-9-20(19)28;/h4-5,8-11,16H,3,6-7,12-15H2,1-2H3,(H2,24,25,27);1H. The molecular formula is C23H30IN5O2. The lowest BCUT2D eigenvalue weighted by Gasteiger charge is -2.14. The van der Waals surface area contributed by atoms with Gasteiger partial charge in [-0.3, -0.25) is 4.99 Å². The van der Waals surface area contributed by atoms with Crippen LogP contribution in [0.5, 0.6) is 11.5 Å². The third-order valence-corrected chi connectivity index (χ3v) is 5.01. The fraction of sp³-hybridized carbons (Fsp3) is 0.391. The molecule has 2 N–H and O–H groups in total. The van der Waals surface area contributed by atoms with Gasteiger partial charge in [-0.2, -0.15) is 0 Å². The number of benzene rings is 2. The van der Waals surface area contributed by atoms with Crippen LogP contribution in [0.2, 0.25) is 0 Å². The summed E-state index contributed by atoms with van der Waals surface area (Å²) >= 11 is 0. The zero-order valence-electron chi connectivity index (χ0n) is 18.1. The molecule has 0 radical (unpaired) electrons. The van der Waals surface area contributed by atoms with E-state index in [0.717, 1.165) is 60.4 Å². The lowest BCUT2D eigenvalue weighted by atomic mass is 10.2. The summed E-state index contributed by atoms with van der Waals surface area (Å²) in [5.74, 6) is 3.37. The van der Waals surface area contributed by atoms with Crippen LogP contribution in [-0.2, 0) is 6.54 Å².